The van der Waals surface area contributed by atoms with E-state index in [2.05, 4.69) is 19.8 Å². The molecule has 138 valence electrons. The molecule has 1 heterocycles. The summed E-state index contributed by atoms with van der Waals surface area (Å²) in [5, 5.41) is 8.96. The quantitative estimate of drug-likeness (QED) is 0.404. The minimum Gasteiger partial charge on any atom is -0.472 e. The molecule has 0 aliphatic rings. The highest BCUT2D eigenvalue weighted by atomic mass is 35.5. The highest BCUT2D eigenvalue weighted by Gasteiger charge is 2.15. The van der Waals surface area contributed by atoms with Gasteiger partial charge in [0.1, 0.15) is 13.7 Å². The standard InChI is InChI=1S/C17H17Cl2N3O4/c1-11(16(21-25-3)17(23)24-2)7-9-26-15-6-8-22(20-15)14-5-4-12(18)10-13(14)19/h4-8,10H,9H2,1-3H3/b11-7-,21-16+. The van der Waals surface area contributed by atoms with Crippen molar-refractivity contribution >= 4 is 34.9 Å². The molecule has 2 rings (SSSR count). The Kier molecular flexibility index (Phi) is 7.06. The normalized spacial score (nSPS) is 12.0. The van der Waals surface area contributed by atoms with Crippen LogP contribution in [-0.2, 0) is 14.4 Å². The third kappa shape index (κ3) is 5.00. The minimum absolute atomic E-state index is 0.0667. The van der Waals surface area contributed by atoms with Crippen LogP contribution < -0.4 is 4.74 Å². The van der Waals surface area contributed by atoms with Gasteiger partial charge in [-0.1, -0.05) is 28.4 Å². The summed E-state index contributed by atoms with van der Waals surface area (Å²) in [5.41, 5.74) is 1.30. The second kappa shape index (κ2) is 9.26. The third-order valence-electron chi connectivity index (χ3n) is 3.28. The number of esters is 1. The number of benzene rings is 1. The summed E-state index contributed by atoms with van der Waals surface area (Å²) in [4.78, 5) is 16.3. The molecule has 0 aliphatic carbocycles. The number of halogens is 2. The van der Waals surface area contributed by atoms with Gasteiger partial charge in [0, 0.05) is 17.3 Å². The van der Waals surface area contributed by atoms with E-state index < -0.39 is 5.97 Å². The largest absolute Gasteiger partial charge is 0.472 e. The lowest BCUT2D eigenvalue weighted by atomic mass is 10.2. The van der Waals surface area contributed by atoms with Crippen molar-refractivity contribution in [2.24, 2.45) is 5.16 Å². The first-order valence-electron chi connectivity index (χ1n) is 7.46. The van der Waals surface area contributed by atoms with Crippen molar-refractivity contribution < 1.29 is 19.1 Å². The van der Waals surface area contributed by atoms with Crippen LogP contribution in [0.4, 0.5) is 0 Å². The molecule has 0 spiro atoms. The fourth-order valence-electron chi connectivity index (χ4n) is 1.99. The van der Waals surface area contributed by atoms with E-state index in [4.69, 9.17) is 27.9 Å². The van der Waals surface area contributed by atoms with E-state index in [9.17, 15) is 4.79 Å². The molecule has 0 radical (unpaired) electrons. The van der Waals surface area contributed by atoms with Crippen LogP contribution in [0, 0.1) is 0 Å². The molecule has 0 atom stereocenters. The Hall–Kier alpha value is -2.51. The van der Waals surface area contributed by atoms with E-state index >= 15 is 0 Å². The fourth-order valence-corrected chi connectivity index (χ4v) is 2.49. The predicted molar refractivity (Wildman–Crippen MR) is 99.3 cm³/mol. The summed E-state index contributed by atoms with van der Waals surface area (Å²) in [7, 11) is 2.62. The number of carbonyl (C=O) groups excluding carboxylic acids is 1. The zero-order valence-electron chi connectivity index (χ0n) is 14.4. The molecule has 0 aliphatic heterocycles. The van der Waals surface area contributed by atoms with Gasteiger partial charge in [-0.15, -0.1) is 5.10 Å². The second-order valence-corrected chi connectivity index (χ2v) is 5.85. The molecule has 2 aromatic rings. The first kappa shape index (κ1) is 19.8. The summed E-state index contributed by atoms with van der Waals surface area (Å²) >= 11 is 12.1. The third-order valence-corrected chi connectivity index (χ3v) is 3.81. The molecule has 9 heteroatoms. The van der Waals surface area contributed by atoms with Gasteiger partial charge in [-0.25, -0.2) is 9.48 Å². The van der Waals surface area contributed by atoms with Crippen molar-refractivity contribution in [2.45, 2.75) is 6.92 Å². The van der Waals surface area contributed by atoms with E-state index in [-0.39, 0.29) is 12.3 Å². The van der Waals surface area contributed by atoms with Gasteiger partial charge in [0.05, 0.1) is 17.8 Å². The number of hydrogen-bond acceptors (Lipinski definition) is 6. The smallest absolute Gasteiger partial charge is 0.360 e. The van der Waals surface area contributed by atoms with Crippen LogP contribution in [0.1, 0.15) is 6.92 Å². The minimum atomic E-state index is -0.595. The number of ether oxygens (including phenoxy) is 2. The second-order valence-electron chi connectivity index (χ2n) is 5.01. The van der Waals surface area contributed by atoms with Crippen LogP contribution >= 0.6 is 23.2 Å². The Morgan fingerprint density at radius 1 is 1.31 bits per heavy atom. The van der Waals surface area contributed by atoms with E-state index in [0.29, 0.717) is 27.2 Å². The summed E-state index contributed by atoms with van der Waals surface area (Å²) in [6.45, 7) is 1.88. The summed E-state index contributed by atoms with van der Waals surface area (Å²) in [5.74, 6) is -0.203. The number of nitrogens with zero attached hydrogens (tertiary/aromatic N) is 3. The molecule has 0 saturated carbocycles. The maximum atomic E-state index is 11.6. The van der Waals surface area contributed by atoms with E-state index in [1.165, 1.54) is 14.2 Å². The van der Waals surface area contributed by atoms with E-state index in [1.807, 2.05) is 0 Å². The van der Waals surface area contributed by atoms with Gasteiger partial charge in [-0.05, 0) is 36.8 Å². The van der Waals surface area contributed by atoms with Crippen molar-refractivity contribution in [3.05, 3.63) is 52.2 Å². The van der Waals surface area contributed by atoms with Gasteiger partial charge < -0.3 is 14.3 Å². The number of rotatable bonds is 7. The van der Waals surface area contributed by atoms with Gasteiger partial charge in [-0.2, -0.15) is 0 Å². The van der Waals surface area contributed by atoms with Crippen molar-refractivity contribution in [1.82, 2.24) is 9.78 Å². The number of methoxy groups -OCH3 is 1. The lowest BCUT2D eigenvalue weighted by Crippen LogP contribution is -2.18. The Morgan fingerprint density at radius 2 is 2.08 bits per heavy atom. The predicted octanol–water partition coefficient (Wildman–Crippen LogP) is 3.68. The topological polar surface area (TPSA) is 74.9 Å². The zero-order valence-corrected chi connectivity index (χ0v) is 15.9. The number of carbonyl (C=O) groups is 1. The van der Waals surface area contributed by atoms with Crippen molar-refractivity contribution in [1.29, 1.82) is 0 Å². The van der Waals surface area contributed by atoms with Crippen LogP contribution in [-0.4, -0.2) is 42.3 Å². The number of aromatic nitrogens is 2. The van der Waals surface area contributed by atoms with Gasteiger partial charge in [0.25, 0.3) is 0 Å². The van der Waals surface area contributed by atoms with Crippen LogP contribution in [0.25, 0.3) is 5.69 Å². The van der Waals surface area contributed by atoms with Crippen molar-refractivity contribution in [2.75, 3.05) is 20.8 Å². The van der Waals surface area contributed by atoms with E-state index in [1.54, 1.807) is 48.1 Å². The molecule has 26 heavy (non-hydrogen) atoms. The maximum absolute atomic E-state index is 11.6. The summed E-state index contributed by atoms with van der Waals surface area (Å²) < 4.78 is 11.8. The zero-order chi connectivity index (χ0) is 19.1. The molecule has 0 amide bonds. The van der Waals surface area contributed by atoms with E-state index in [0.717, 1.165) is 0 Å². The highest BCUT2D eigenvalue weighted by molar-refractivity contribution is 6.42. The van der Waals surface area contributed by atoms with Crippen LogP contribution in [0.15, 0.2) is 47.3 Å². The number of hydrogen-bond donors (Lipinski definition) is 0. The average Bonchev–Trinajstić information content (AvgIpc) is 3.07. The molecule has 1 aromatic carbocycles. The lowest BCUT2D eigenvalue weighted by Gasteiger charge is -2.05. The molecule has 0 N–H and O–H groups in total. The Morgan fingerprint density at radius 3 is 2.73 bits per heavy atom. The van der Waals surface area contributed by atoms with Gasteiger partial charge >= 0.3 is 5.97 Å². The Labute approximate surface area is 160 Å². The molecule has 1 aromatic heterocycles. The fraction of sp³-hybridized carbons (Fsp3) is 0.235. The van der Waals surface area contributed by atoms with Gasteiger partial charge in [0.2, 0.25) is 5.88 Å². The molecular weight excluding hydrogens is 381 g/mol. The average molecular weight is 398 g/mol. The highest BCUT2D eigenvalue weighted by Crippen LogP contribution is 2.24. The summed E-state index contributed by atoms with van der Waals surface area (Å²) in [6.07, 6.45) is 3.39. The Bertz CT molecular complexity index is 846. The van der Waals surface area contributed by atoms with Crippen LogP contribution in [0.5, 0.6) is 5.88 Å². The Balaban J connectivity index is 2.05. The summed E-state index contributed by atoms with van der Waals surface area (Å²) in [6, 6.07) is 6.81. The van der Waals surface area contributed by atoms with Crippen molar-refractivity contribution in [3.8, 4) is 11.6 Å². The van der Waals surface area contributed by atoms with Gasteiger partial charge in [0.15, 0.2) is 5.71 Å². The first-order chi connectivity index (χ1) is 12.5. The SMILES string of the molecule is CO/N=C(C(=O)OC)\C(C)=C/COc1ccn(-c2ccc(Cl)cc2Cl)n1. The first-order valence-corrected chi connectivity index (χ1v) is 8.22. The number of oxime groups is 1. The van der Waals surface area contributed by atoms with Crippen molar-refractivity contribution in [3.63, 3.8) is 0 Å². The molecule has 0 bridgehead atoms. The molecule has 7 nitrogen and oxygen atoms in total. The van der Waals surface area contributed by atoms with Crippen LogP contribution in [0.2, 0.25) is 10.0 Å². The monoisotopic (exact) mass is 397 g/mol. The molecule has 0 saturated heterocycles. The lowest BCUT2D eigenvalue weighted by molar-refractivity contribution is -0.132. The maximum Gasteiger partial charge on any atom is 0.360 e. The van der Waals surface area contributed by atoms with Crippen LogP contribution in [0.3, 0.4) is 0 Å². The van der Waals surface area contributed by atoms with Gasteiger partial charge in [-0.3, -0.25) is 0 Å². The molecular formula is C17H17Cl2N3O4. The molecule has 0 unspecified atom stereocenters. The molecule has 0 fully saturated rings.